The summed E-state index contributed by atoms with van der Waals surface area (Å²) in [7, 11) is 0. The first-order chi connectivity index (χ1) is 30.9. The number of fused-ring (bicyclic) bond motifs is 5. The van der Waals surface area contributed by atoms with Gasteiger partial charge in [-0.05, 0) is 136 Å². The zero-order valence-corrected chi connectivity index (χ0v) is 37.8. The summed E-state index contributed by atoms with van der Waals surface area (Å²) in [5, 5.41) is 0. The molecule has 4 aliphatic carbocycles. The zero-order chi connectivity index (χ0) is 43.6. The minimum atomic E-state index is -0.565. The van der Waals surface area contributed by atoms with E-state index in [0.29, 0.717) is 0 Å². The van der Waals surface area contributed by atoms with Crippen LogP contribution in [0, 0.1) is 0 Å². The molecule has 312 valence electrons. The van der Waals surface area contributed by atoms with Crippen LogP contribution in [0.5, 0.6) is 0 Å². The number of para-hydroxylation sites is 1. The number of hydrogen-bond acceptors (Lipinski definition) is 1. The molecule has 6 aromatic carbocycles. The summed E-state index contributed by atoms with van der Waals surface area (Å²) in [5.41, 5.74) is 21.3. The molecule has 1 nitrogen and oxygen atoms in total. The number of nitrogens with zero attached hydrogens (tertiary/aromatic N) is 1. The lowest BCUT2D eigenvalue weighted by Crippen LogP contribution is -2.29. The van der Waals surface area contributed by atoms with Gasteiger partial charge in [0, 0.05) is 22.4 Å². The molecule has 4 aliphatic rings. The van der Waals surface area contributed by atoms with E-state index in [1.54, 1.807) is 5.57 Å². The summed E-state index contributed by atoms with van der Waals surface area (Å²) in [5.74, 6) is 0. The van der Waals surface area contributed by atoms with Crippen LogP contribution < -0.4 is 4.90 Å². The molecule has 0 fully saturated rings. The number of hydrogen-bond donors (Lipinski definition) is 0. The molecule has 0 saturated heterocycles. The van der Waals surface area contributed by atoms with Gasteiger partial charge < -0.3 is 4.90 Å². The van der Waals surface area contributed by atoms with Gasteiger partial charge in [0.25, 0.3) is 0 Å². The smallest absolute Gasteiger partial charge is 0.0714 e. The third-order valence-electron chi connectivity index (χ3n) is 13.6. The highest BCUT2D eigenvalue weighted by molar-refractivity contribution is 5.94. The van der Waals surface area contributed by atoms with Gasteiger partial charge in [-0.25, -0.2) is 0 Å². The second-order valence-corrected chi connectivity index (χ2v) is 17.3. The van der Waals surface area contributed by atoms with Gasteiger partial charge in [-0.3, -0.25) is 0 Å². The van der Waals surface area contributed by atoms with E-state index in [-0.39, 0.29) is 5.41 Å². The fraction of sp³-hybridized carbons (Fsp3) is 0.194. The first kappa shape index (κ1) is 41.6. The van der Waals surface area contributed by atoms with E-state index < -0.39 is 5.41 Å². The van der Waals surface area contributed by atoms with Crippen LogP contribution in [-0.2, 0) is 10.8 Å². The fourth-order valence-corrected chi connectivity index (χ4v) is 10.7. The molecule has 0 heterocycles. The van der Waals surface area contributed by atoms with E-state index in [4.69, 9.17) is 0 Å². The Hall–Kier alpha value is -6.70. The van der Waals surface area contributed by atoms with Crippen LogP contribution in [0.15, 0.2) is 206 Å². The third kappa shape index (κ3) is 7.05. The highest BCUT2D eigenvalue weighted by Gasteiger charge is 2.47. The van der Waals surface area contributed by atoms with Crippen molar-refractivity contribution in [1.29, 1.82) is 0 Å². The van der Waals surface area contributed by atoms with Gasteiger partial charge in [0.15, 0.2) is 0 Å². The Balaban J connectivity index is 0.00000249. The number of allylic oxidation sites excluding steroid dienone is 14. The molecule has 10 rings (SSSR count). The van der Waals surface area contributed by atoms with Gasteiger partial charge in [0.1, 0.15) is 0 Å². The fourth-order valence-electron chi connectivity index (χ4n) is 10.7. The van der Waals surface area contributed by atoms with Crippen molar-refractivity contribution in [3.8, 4) is 11.1 Å². The van der Waals surface area contributed by atoms with Gasteiger partial charge in [-0.15, -0.1) is 0 Å². The van der Waals surface area contributed by atoms with Crippen LogP contribution in [0.1, 0.15) is 112 Å². The monoisotopic (exact) mass is 817 g/mol. The zero-order valence-electron chi connectivity index (χ0n) is 37.8. The molecular weight excluding hydrogens is 759 g/mol. The van der Waals surface area contributed by atoms with Crippen molar-refractivity contribution in [3.05, 3.63) is 250 Å². The Morgan fingerprint density at radius 2 is 1.37 bits per heavy atom. The van der Waals surface area contributed by atoms with Gasteiger partial charge in [0.05, 0.1) is 11.1 Å². The molecule has 0 aliphatic heterocycles. The maximum atomic E-state index is 2.54. The molecular formula is C62H59N. The summed E-state index contributed by atoms with van der Waals surface area (Å²) in [4.78, 5) is 2.54. The van der Waals surface area contributed by atoms with Crippen LogP contribution in [0.3, 0.4) is 0 Å². The van der Waals surface area contributed by atoms with E-state index in [2.05, 4.69) is 233 Å². The maximum absolute atomic E-state index is 2.54. The number of rotatable bonds is 9. The minimum Gasteiger partial charge on any atom is -0.310 e. The molecule has 0 N–H and O–H groups in total. The molecule has 0 radical (unpaired) electrons. The first-order valence-corrected chi connectivity index (χ1v) is 23.2. The molecule has 0 spiro atoms. The predicted octanol–water partition coefficient (Wildman–Crippen LogP) is 17.2. The van der Waals surface area contributed by atoms with Gasteiger partial charge in [-0.2, -0.15) is 0 Å². The molecule has 1 heteroatoms. The Morgan fingerprint density at radius 3 is 2.17 bits per heavy atom. The van der Waals surface area contributed by atoms with Crippen LogP contribution in [0.4, 0.5) is 17.1 Å². The first-order valence-electron chi connectivity index (χ1n) is 23.2. The van der Waals surface area contributed by atoms with Crippen molar-refractivity contribution >= 4 is 33.8 Å². The van der Waals surface area contributed by atoms with E-state index in [1.807, 2.05) is 13.8 Å². The lowest BCUT2D eigenvalue weighted by atomic mass is 9.67. The van der Waals surface area contributed by atoms with E-state index >= 15 is 0 Å². The summed E-state index contributed by atoms with van der Waals surface area (Å²) < 4.78 is 0. The van der Waals surface area contributed by atoms with Crippen molar-refractivity contribution in [2.45, 2.75) is 78.1 Å². The highest BCUT2D eigenvalue weighted by Crippen LogP contribution is 2.58. The lowest BCUT2D eigenvalue weighted by molar-refractivity contribution is 0.607. The van der Waals surface area contributed by atoms with Crippen molar-refractivity contribution in [2.24, 2.45) is 0 Å². The Bertz CT molecular complexity index is 2900. The second-order valence-electron chi connectivity index (χ2n) is 17.3. The topological polar surface area (TPSA) is 3.24 Å². The Labute approximate surface area is 376 Å². The Morgan fingerprint density at radius 1 is 0.651 bits per heavy atom. The third-order valence-corrected chi connectivity index (χ3v) is 13.6. The van der Waals surface area contributed by atoms with Crippen molar-refractivity contribution < 1.29 is 0 Å². The van der Waals surface area contributed by atoms with Crippen LogP contribution >= 0.6 is 0 Å². The summed E-state index contributed by atoms with van der Waals surface area (Å²) in [6.07, 6.45) is 26.6. The average Bonchev–Trinajstić information content (AvgIpc) is 3.55. The van der Waals surface area contributed by atoms with Crippen molar-refractivity contribution in [1.82, 2.24) is 0 Å². The average molecular weight is 818 g/mol. The highest BCUT2D eigenvalue weighted by atomic mass is 15.1. The van der Waals surface area contributed by atoms with Crippen LogP contribution in [0.2, 0.25) is 0 Å². The van der Waals surface area contributed by atoms with Gasteiger partial charge >= 0.3 is 0 Å². The molecule has 0 bridgehead atoms. The predicted molar refractivity (Wildman–Crippen MR) is 272 cm³/mol. The maximum Gasteiger partial charge on any atom is 0.0714 e. The lowest BCUT2D eigenvalue weighted by Gasteiger charge is -2.35. The van der Waals surface area contributed by atoms with Crippen molar-refractivity contribution in [2.75, 3.05) is 4.90 Å². The molecule has 1 atom stereocenters. The van der Waals surface area contributed by atoms with Crippen molar-refractivity contribution in [3.63, 3.8) is 0 Å². The van der Waals surface area contributed by atoms with Gasteiger partial charge in [0.2, 0.25) is 0 Å². The van der Waals surface area contributed by atoms with Crippen LogP contribution in [-0.4, -0.2) is 0 Å². The number of benzene rings is 6. The summed E-state index contributed by atoms with van der Waals surface area (Å²) in [6, 6.07) is 53.2. The van der Waals surface area contributed by atoms with E-state index in [1.165, 1.54) is 83.7 Å². The largest absolute Gasteiger partial charge is 0.310 e. The van der Waals surface area contributed by atoms with Gasteiger partial charge in [-0.1, -0.05) is 204 Å². The Kier molecular flexibility index (Phi) is 11.6. The van der Waals surface area contributed by atoms with Crippen LogP contribution in [0.25, 0.3) is 27.8 Å². The molecule has 6 aromatic rings. The molecule has 0 amide bonds. The quantitative estimate of drug-likeness (QED) is 0.131. The standard InChI is InChI=1S/C60H53N.C2H6/c1-5-7-22-42(6-2)49-29-17-20-34-58(49)61(47-35-37-52-50-30-15-18-32-54(50)59(3,4)56(52)40-47)48-36-38-53-51-31-16-19-33-55(51)60(57(53)41-48,45-26-13-10-14-27-45)46-28-21-25-44(39-46)43-23-11-8-9-12-24-43;1-2/h5,7-8,10-17,19-31,33-41H,6,9,18,32H2,1-4H3;1-2H3/b7-5-,42-22+;. The molecule has 0 aromatic heterocycles. The normalized spacial score (nSPS) is 17.9. The molecule has 1 unspecified atom stereocenters. The summed E-state index contributed by atoms with van der Waals surface area (Å²) in [6.45, 7) is 13.2. The molecule has 63 heavy (non-hydrogen) atoms. The SMILES string of the molecule is C/C=C\C=C(/CC)c1ccccc1N(c1ccc2c(c1)C(C)(C)C1=C2C=CCC1)c1ccc2c(c1)C(c1ccccc1)(c1cccc(C3=CC=CCC=C3)c1)c1ccccc1-2.CC. The van der Waals surface area contributed by atoms with E-state index in [0.717, 1.165) is 31.4 Å². The molecule has 0 saturated carbocycles. The minimum absolute atomic E-state index is 0.0537. The summed E-state index contributed by atoms with van der Waals surface area (Å²) >= 11 is 0. The number of anilines is 3. The second kappa shape index (κ2) is 17.6. The van der Waals surface area contributed by atoms with E-state index in [9.17, 15) is 0 Å².